The smallest absolute Gasteiger partial charge is 0.160 e. The quantitative estimate of drug-likeness (QED) is 0.160. The van der Waals surface area contributed by atoms with Gasteiger partial charge in [0.2, 0.25) is 0 Å². The fourth-order valence-corrected chi connectivity index (χ4v) is 15.8. The number of nitriles is 1. The molecular weight excluding hydrogens is 1120 g/mol. The molecule has 0 aliphatic carbocycles. The first-order valence-electron chi connectivity index (χ1n) is 30.5. The van der Waals surface area contributed by atoms with E-state index in [4.69, 9.17) is 22.7 Å². The molecule has 0 aliphatic rings. The van der Waals surface area contributed by atoms with Crippen LogP contribution in [0.15, 0.2) is 265 Å². The van der Waals surface area contributed by atoms with Crippen molar-refractivity contribution in [3.63, 3.8) is 0 Å². The van der Waals surface area contributed by atoms with E-state index in [0.29, 0.717) is 56.2 Å². The zero-order valence-corrected chi connectivity index (χ0v) is 48.5. The van der Waals surface area contributed by atoms with Gasteiger partial charge in [-0.25, -0.2) is 0 Å². The van der Waals surface area contributed by atoms with Crippen molar-refractivity contribution in [1.29, 1.82) is 5.26 Å². The summed E-state index contributed by atoms with van der Waals surface area (Å²) >= 11 is 0. The third-order valence-electron chi connectivity index (χ3n) is 19.4. The highest BCUT2D eigenvalue weighted by Crippen LogP contribution is 2.53. The molecule has 91 heavy (non-hydrogen) atoms. The monoisotopic (exact) mass is 1160 g/mol. The van der Waals surface area contributed by atoms with E-state index in [0.717, 1.165) is 153 Å². The third kappa shape index (κ3) is 6.11. The molecule has 0 spiro atoms. The second-order valence-electron chi connectivity index (χ2n) is 23.8. The number of para-hydroxylation sites is 8. The van der Waals surface area contributed by atoms with Gasteiger partial charge >= 0.3 is 0 Å². The summed E-state index contributed by atoms with van der Waals surface area (Å²) in [5, 5.41) is 29.2. The van der Waals surface area contributed by atoms with Gasteiger partial charge in [-0.2, -0.15) is 5.26 Å². The van der Waals surface area contributed by atoms with Gasteiger partial charge < -0.3 is 35.9 Å². The van der Waals surface area contributed by atoms with Gasteiger partial charge in [-0.3, -0.25) is 4.99 Å². The number of fused-ring (bicyclic) bond motifs is 28. The Bertz CT molecular complexity index is 6540. The number of aliphatic imine (C=N–C) groups is 1. The predicted molar refractivity (Wildman–Crippen MR) is 371 cm³/mol. The average Bonchev–Trinajstić information content (AvgIpc) is 1.59. The molecule has 0 unspecified atom stereocenters. The van der Waals surface area contributed by atoms with Crippen molar-refractivity contribution in [3.8, 4) is 28.8 Å². The lowest BCUT2D eigenvalue weighted by Crippen LogP contribution is -2.18. The summed E-state index contributed by atoms with van der Waals surface area (Å²) in [6.45, 7) is 0. The van der Waals surface area contributed by atoms with Crippen molar-refractivity contribution >= 4 is 181 Å². The van der Waals surface area contributed by atoms with Crippen LogP contribution in [-0.2, 0) is 0 Å². The summed E-state index contributed by atoms with van der Waals surface area (Å²) < 4.78 is 38.3. The minimum atomic E-state index is 0.371. The lowest BCUT2D eigenvalue weighted by atomic mass is 9.98. The lowest BCUT2D eigenvalue weighted by Gasteiger charge is -2.28. The highest BCUT2D eigenvalue weighted by Gasteiger charge is 2.37. The first-order valence-corrected chi connectivity index (χ1v) is 30.5. The van der Waals surface area contributed by atoms with Gasteiger partial charge in [-0.1, -0.05) is 170 Å². The lowest BCUT2D eigenvalue weighted by molar-refractivity contribution is 0.670. The summed E-state index contributed by atoms with van der Waals surface area (Å²) in [4.78, 5) is 5.23. The molecule has 0 radical (unpaired) electrons. The van der Waals surface area contributed by atoms with Crippen molar-refractivity contribution in [3.05, 3.63) is 254 Å². The van der Waals surface area contributed by atoms with Crippen LogP contribution in [0.1, 0.15) is 11.1 Å². The van der Waals surface area contributed by atoms with Crippen LogP contribution in [0.25, 0.3) is 198 Å². The highest BCUT2D eigenvalue weighted by atomic mass is 16.3. The summed E-state index contributed by atoms with van der Waals surface area (Å²) in [5.74, 6) is 0. The summed E-state index contributed by atoms with van der Waals surface area (Å²) in [6.07, 6.45) is 2.01. The SMILES string of the molecule is CN=Cc1c(-n2c3ccccc3c3ccc4c5ccccc5oc4c32)c(-n2c3ccccc3c3ccc4c5ccccc5oc4c32)c(C#N)c(-n2c3ccccc3c3ccc4c5ccccc5oc4c32)c1-n1c2ccccc2c2ccc3c4ccccc4oc3c21. The molecule has 8 heterocycles. The Labute approximate surface area is 514 Å². The molecule has 10 nitrogen and oxygen atoms in total. The average molecular weight is 1170 g/mol. The molecule has 21 rings (SSSR count). The van der Waals surface area contributed by atoms with Gasteiger partial charge in [-0.15, -0.1) is 0 Å². The number of furan rings is 4. The maximum absolute atomic E-state index is 13.5. The van der Waals surface area contributed by atoms with E-state index in [1.165, 1.54) is 0 Å². The van der Waals surface area contributed by atoms with Crippen LogP contribution in [0.3, 0.4) is 0 Å². The second-order valence-corrected chi connectivity index (χ2v) is 23.8. The maximum Gasteiger partial charge on any atom is 0.160 e. The Morgan fingerprint density at radius 3 is 0.802 bits per heavy atom. The van der Waals surface area contributed by atoms with Crippen molar-refractivity contribution in [1.82, 2.24) is 18.3 Å². The molecule has 0 amide bonds. The Hall–Kier alpha value is -12.6. The van der Waals surface area contributed by atoms with Crippen molar-refractivity contribution in [2.45, 2.75) is 0 Å². The Morgan fingerprint density at radius 2 is 0.527 bits per heavy atom. The summed E-state index contributed by atoms with van der Waals surface area (Å²) in [7, 11) is 1.84. The first-order chi connectivity index (χ1) is 45.1. The van der Waals surface area contributed by atoms with Crippen molar-refractivity contribution in [2.75, 3.05) is 7.05 Å². The second kappa shape index (κ2) is 17.6. The minimum absolute atomic E-state index is 0.371. The standard InChI is InChI=1S/C81H44N6O4/c1-83-43-61-72(86-64-28-12-4-20-46(64)54-36-40-58-50-24-8-16-32-68(50)90-80(58)76(54)86)70(84-62-26-10-2-18-44(62)52-34-38-56-48-22-6-14-30-66(48)88-78(56)74(52)84)60(42-82)71(85-63-27-11-3-19-45(63)53-35-39-57-49-23-7-15-31-67(49)89-79(57)75(53)85)73(61)87-65-29-13-5-21-47(65)55-37-41-59-51-25-9-17-33-69(51)91-81(59)77(55)87/h2-41,43H,1H3. The number of benzene rings is 13. The fourth-order valence-electron chi connectivity index (χ4n) is 15.8. The summed E-state index contributed by atoms with van der Waals surface area (Å²) in [6, 6.07) is 87.9. The number of nitrogens with zero attached hydrogens (tertiary/aromatic N) is 6. The van der Waals surface area contributed by atoms with Gasteiger partial charge in [0.05, 0.1) is 66.9 Å². The van der Waals surface area contributed by atoms with Crippen LogP contribution in [0.2, 0.25) is 0 Å². The van der Waals surface area contributed by atoms with Crippen LogP contribution < -0.4 is 0 Å². The van der Waals surface area contributed by atoms with Crippen LogP contribution in [0.5, 0.6) is 0 Å². The highest BCUT2D eigenvalue weighted by molar-refractivity contribution is 6.28. The Balaban J connectivity index is 1.11. The fraction of sp³-hybridized carbons (Fsp3) is 0.0123. The topological polar surface area (TPSA) is 108 Å². The van der Waals surface area contributed by atoms with Crippen LogP contribution in [0, 0.1) is 11.3 Å². The molecule has 0 atom stereocenters. The molecular formula is C81H44N6O4. The van der Waals surface area contributed by atoms with Gasteiger partial charge in [0.1, 0.15) is 34.0 Å². The number of hydrogen-bond acceptors (Lipinski definition) is 6. The molecule has 422 valence electrons. The van der Waals surface area contributed by atoms with E-state index < -0.39 is 0 Å². The number of hydrogen-bond donors (Lipinski definition) is 0. The van der Waals surface area contributed by atoms with E-state index in [2.05, 4.69) is 218 Å². The maximum atomic E-state index is 13.5. The normalized spacial score (nSPS) is 12.6. The Morgan fingerprint density at radius 1 is 0.286 bits per heavy atom. The largest absolute Gasteiger partial charge is 0.454 e. The molecule has 21 aromatic rings. The van der Waals surface area contributed by atoms with Crippen LogP contribution in [0.4, 0.5) is 0 Å². The molecule has 0 saturated carbocycles. The van der Waals surface area contributed by atoms with E-state index in [-0.39, 0.29) is 0 Å². The zero-order valence-electron chi connectivity index (χ0n) is 48.5. The number of rotatable bonds is 5. The minimum Gasteiger partial charge on any atom is -0.454 e. The number of aromatic nitrogens is 4. The van der Waals surface area contributed by atoms with Gasteiger partial charge in [-0.05, 0) is 72.8 Å². The summed E-state index contributed by atoms with van der Waals surface area (Å²) in [5.41, 5.74) is 16.4. The first kappa shape index (κ1) is 48.5. The van der Waals surface area contributed by atoms with E-state index >= 15 is 0 Å². The predicted octanol–water partition coefficient (Wildman–Crippen LogP) is 21.6. The molecule has 0 N–H and O–H groups in total. The van der Waals surface area contributed by atoms with Crippen molar-refractivity contribution in [2.24, 2.45) is 4.99 Å². The van der Waals surface area contributed by atoms with Crippen LogP contribution in [-0.4, -0.2) is 31.5 Å². The molecule has 8 aromatic heterocycles. The van der Waals surface area contributed by atoms with Crippen molar-refractivity contribution < 1.29 is 17.7 Å². The van der Waals surface area contributed by atoms with Gasteiger partial charge in [0.25, 0.3) is 0 Å². The van der Waals surface area contributed by atoms with E-state index in [1.807, 2.05) is 61.8 Å². The third-order valence-corrected chi connectivity index (χ3v) is 19.4. The van der Waals surface area contributed by atoms with Gasteiger partial charge in [0, 0.05) is 105 Å². The van der Waals surface area contributed by atoms with Crippen LogP contribution >= 0.6 is 0 Å². The Kier molecular flexibility index (Phi) is 9.37. The van der Waals surface area contributed by atoms with Gasteiger partial charge in [0.15, 0.2) is 22.3 Å². The molecule has 10 heteroatoms. The molecule has 0 bridgehead atoms. The molecule has 0 saturated heterocycles. The molecule has 0 fully saturated rings. The zero-order chi connectivity index (χ0) is 59.5. The molecule has 13 aromatic carbocycles. The molecule has 0 aliphatic heterocycles. The van der Waals surface area contributed by atoms with E-state index in [1.54, 1.807) is 0 Å². The van der Waals surface area contributed by atoms with E-state index in [9.17, 15) is 5.26 Å².